The fraction of sp³-hybridized carbons (Fsp3) is 0.0417. The van der Waals surface area contributed by atoms with Gasteiger partial charge in [-0.25, -0.2) is 0 Å². The Morgan fingerprint density at radius 1 is 0.848 bits per heavy atom. The van der Waals surface area contributed by atoms with E-state index in [4.69, 9.17) is 4.74 Å². The number of rotatable bonds is 6. The minimum Gasteiger partial charge on any atom is -0.457 e. The Morgan fingerprint density at radius 3 is 2.24 bits per heavy atom. The van der Waals surface area contributed by atoms with Crippen LogP contribution in [0.1, 0.15) is 36.1 Å². The Kier molecular flexibility index (Phi) is 5.37. The first-order chi connectivity index (χ1) is 16.1. The van der Waals surface area contributed by atoms with E-state index in [0.29, 0.717) is 33.2 Å². The minimum atomic E-state index is -0.378. The van der Waals surface area contributed by atoms with Crippen LogP contribution in [0.4, 0.5) is 5.13 Å². The Bertz CT molecular complexity index is 1330. The Balaban J connectivity index is 1.25. The number of anilines is 1. The van der Waals surface area contributed by atoms with Gasteiger partial charge in [-0.2, -0.15) is 0 Å². The largest absolute Gasteiger partial charge is 0.457 e. The standard InChI is InChI=1S/C24H16N4O4S/c29-21(15-7-6-10-17(13-15)32-16-8-2-1-3-9-16)25-24-27-26-20(33-24)14-28-22(30)18-11-4-5-12-19(18)23(28)31/h1-13H,14H2,(H,25,27,29). The molecule has 0 aliphatic carbocycles. The third kappa shape index (κ3) is 4.21. The Morgan fingerprint density at radius 2 is 1.52 bits per heavy atom. The number of amides is 3. The fourth-order valence-electron chi connectivity index (χ4n) is 3.38. The van der Waals surface area contributed by atoms with Crippen molar-refractivity contribution in [3.63, 3.8) is 0 Å². The third-order valence-corrected chi connectivity index (χ3v) is 5.76. The molecule has 1 N–H and O–H groups in total. The number of imide groups is 1. The van der Waals surface area contributed by atoms with E-state index in [2.05, 4.69) is 15.5 Å². The van der Waals surface area contributed by atoms with Crippen molar-refractivity contribution in [2.75, 3.05) is 5.32 Å². The van der Waals surface area contributed by atoms with E-state index < -0.39 is 0 Å². The van der Waals surface area contributed by atoms with Gasteiger partial charge in [-0.3, -0.25) is 24.6 Å². The number of carbonyl (C=O) groups excluding carboxylic acids is 3. The SMILES string of the molecule is O=C(Nc1nnc(CN2C(=O)c3ccccc3C2=O)s1)c1cccc(Oc2ccccc2)c1. The molecule has 0 radical (unpaired) electrons. The lowest BCUT2D eigenvalue weighted by atomic mass is 10.1. The van der Waals surface area contributed by atoms with Crippen molar-refractivity contribution < 1.29 is 19.1 Å². The van der Waals surface area contributed by atoms with Crippen LogP contribution in [0.3, 0.4) is 0 Å². The molecule has 8 nitrogen and oxygen atoms in total. The van der Waals surface area contributed by atoms with Crippen LogP contribution >= 0.6 is 11.3 Å². The molecule has 3 aromatic carbocycles. The van der Waals surface area contributed by atoms with E-state index in [9.17, 15) is 14.4 Å². The Hall–Kier alpha value is -4.37. The average Bonchev–Trinajstić information content (AvgIpc) is 3.38. The summed E-state index contributed by atoms with van der Waals surface area (Å²) in [4.78, 5) is 38.9. The number of nitrogens with one attached hydrogen (secondary N) is 1. The minimum absolute atomic E-state index is 0.0136. The number of nitrogens with zero attached hydrogens (tertiary/aromatic N) is 3. The average molecular weight is 456 g/mol. The smallest absolute Gasteiger partial charge is 0.261 e. The molecule has 33 heavy (non-hydrogen) atoms. The van der Waals surface area contributed by atoms with E-state index >= 15 is 0 Å². The van der Waals surface area contributed by atoms with E-state index in [0.717, 1.165) is 16.2 Å². The molecular weight excluding hydrogens is 440 g/mol. The monoisotopic (exact) mass is 456 g/mol. The van der Waals surface area contributed by atoms with Gasteiger partial charge in [0.15, 0.2) is 0 Å². The second-order valence-corrected chi connectivity index (χ2v) is 8.20. The van der Waals surface area contributed by atoms with E-state index in [1.54, 1.807) is 48.5 Å². The highest BCUT2D eigenvalue weighted by molar-refractivity contribution is 7.15. The van der Waals surface area contributed by atoms with Crippen molar-refractivity contribution in [1.82, 2.24) is 15.1 Å². The van der Waals surface area contributed by atoms with Gasteiger partial charge in [0.25, 0.3) is 17.7 Å². The Labute approximate surface area is 192 Å². The molecule has 0 bridgehead atoms. The van der Waals surface area contributed by atoms with Crippen LogP contribution in [-0.2, 0) is 6.54 Å². The van der Waals surface area contributed by atoms with Crippen molar-refractivity contribution in [2.45, 2.75) is 6.54 Å². The van der Waals surface area contributed by atoms with Crippen LogP contribution in [0.2, 0.25) is 0 Å². The lowest BCUT2D eigenvalue weighted by Gasteiger charge is -2.10. The summed E-state index contributed by atoms with van der Waals surface area (Å²) >= 11 is 1.10. The molecule has 0 unspecified atom stereocenters. The number of ether oxygens (including phenoxy) is 1. The lowest BCUT2D eigenvalue weighted by molar-refractivity contribution is 0.0641. The summed E-state index contributed by atoms with van der Waals surface area (Å²) in [7, 11) is 0. The van der Waals surface area contributed by atoms with Crippen LogP contribution in [0.5, 0.6) is 11.5 Å². The lowest BCUT2D eigenvalue weighted by Crippen LogP contribution is -2.29. The quantitative estimate of drug-likeness (QED) is 0.432. The highest BCUT2D eigenvalue weighted by Gasteiger charge is 2.35. The van der Waals surface area contributed by atoms with Gasteiger partial charge < -0.3 is 4.74 Å². The van der Waals surface area contributed by atoms with Gasteiger partial charge in [-0.05, 0) is 42.5 Å². The number of aromatic nitrogens is 2. The summed E-state index contributed by atoms with van der Waals surface area (Å²) in [6, 6.07) is 22.7. The number of benzene rings is 3. The van der Waals surface area contributed by atoms with Gasteiger partial charge in [0.1, 0.15) is 16.5 Å². The van der Waals surface area contributed by atoms with Crippen molar-refractivity contribution in [1.29, 1.82) is 0 Å². The molecule has 0 fully saturated rings. The van der Waals surface area contributed by atoms with Gasteiger partial charge in [-0.15, -0.1) is 10.2 Å². The first kappa shape index (κ1) is 20.5. The first-order valence-corrected chi connectivity index (χ1v) is 10.8. The number of fused-ring (bicyclic) bond motifs is 1. The zero-order valence-corrected chi connectivity index (χ0v) is 17.9. The van der Waals surface area contributed by atoms with Crippen LogP contribution < -0.4 is 10.1 Å². The number of hydrogen-bond donors (Lipinski definition) is 1. The second-order valence-electron chi connectivity index (χ2n) is 7.14. The maximum Gasteiger partial charge on any atom is 0.261 e. The third-order valence-electron chi connectivity index (χ3n) is 4.93. The van der Waals surface area contributed by atoms with E-state index in [-0.39, 0.29) is 29.4 Å². The molecule has 0 spiro atoms. The summed E-state index contributed by atoms with van der Waals surface area (Å²) in [6.07, 6.45) is 0. The second kappa shape index (κ2) is 8.64. The number of hydrogen-bond acceptors (Lipinski definition) is 7. The maximum absolute atomic E-state index is 12.7. The van der Waals surface area contributed by atoms with Crippen LogP contribution in [0, 0.1) is 0 Å². The van der Waals surface area contributed by atoms with Crippen LogP contribution in [0.15, 0.2) is 78.9 Å². The predicted molar refractivity (Wildman–Crippen MR) is 121 cm³/mol. The molecule has 1 aliphatic rings. The summed E-state index contributed by atoms with van der Waals surface area (Å²) in [5, 5.41) is 11.4. The topological polar surface area (TPSA) is 101 Å². The summed E-state index contributed by atoms with van der Waals surface area (Å²) in [5.74, 6) is 0.0737. The van der Waals surface area contributed by atoms with Gasteiger partial charge in [0, 0.05) is 5.56 Å². The van der Waals surface area contributed by atoms with E-state index in [1.165, 1.54) is 0 Å². The normalized spacial score (nSPS) is 12.5. The molecule has 0 atom stereocenters. The molecule has 3 amide bonds. The molecule has 5 rings (SSSR count). The van der Waals surface area contributed by atoms with E-state index in [1.807, 2.05) is 30.3 Å². The van der Waals surface area contributed by atoms with Crippen molar-refractivity contribution >= 4 is 34.2 Å². The molecule has 4 aromatic rings. The van der Waals surface area contributed by atoms with Crippen LogP contribution in [-0.4, -0.2) is 32.8 Å². The number of para-hydroxylation sites is 1. The fourth-order valence-corrected chi connectivity index (χ4v) is 4.10. The molecular formula is C24H16N4O4S. The molecule has 0 saturated heterocycles. The van der Waals surface area contributed by atoms with Gasteiger partial charge in [-0.1, -0.05) is 47.7 Å². The molecule has 162 valence electrons. The highest BCUT2D eigenvalue weighted by atomic mass is 32.1. The molecule has 9 heteroatoms. The maximum atomic E-state index is 12.7. The molecule has 2 heterocycles. The van der Waals surface area contributed by atoms with Gasteiger partial charge in [0.2, 0.25) is 5.13 Å². The summed E-state index contributed by atoms with van der Waals surface area (Å²) in [6.45, 7) is -0.0136. The van der Waals surface area contributed by atoms with Gasteiger partial charge in [0.05, 0.1) is 17.7 Å². The summed E-state index contributed by atoms with van der Waals surface area (Å²) in [5.41, 5.74) is 1.14. The number of carbonyl (C=O) groups is 3. The zero-order chi connectivity index (χ0) is 22.8. The molecule has 1 aliphatic heterocycles. The van der Waals surface area contributed by atoms with Crippen molar-refractivity contribution in [3.05, 3.63) is 101 Å². The van der Waals surface area contributed by atoms with Crippen molar-refractivity contribution in [2.24, 2.45) is 0 Å². The molecule has 1 aromatic heterocycles. The predicted octanol–water partition coefficient (Wildman–Crippen LogP) is 4.38. The summed E-state index contributed by atoms with van der Waals surface area (Å²) < 4.78 is 5.77. The molecule has 0 saturated carbocycles. The first-order valence-electron chi connectivity index (χ1n) is 10.0. The van der Waals surface area contributed by atoms with Crippen LogP contribution in [0.25, 0.3) is 0 Å². The van der Waals surface area contributed by atoms with Gasteiger partial charge >= 0.3 is 0 Å². The van der Waals surface area contributed by atoms with Crippen molar-refractivity contribution in [3.8, 4) is 11.5 Å². The highest BCUT2D eigenvalue weighted by Crippen LogP contribution is 2.27. The zero-order valence-electron chi connectivity index (χ0n) is 17.1.